The Morgan fingerprint density at radius 3 is 2.35 bits per heavy atom. The van der Waals surface area contributed by atoms with Crippen LogP contribution in [0.2, 0.25) is 0 Å². The summed E-state index contributed by atoms with van der Waals surface area (Å²) in [6, 6.07) is 9.20. The molecule has 0 radical (unpaired) electrons. The van der Waals surface area contributed by atoms with E-state index in [1.165, 1.54) is 0 Å². The Labute approximate surface area is 124 Å². The van der Waals surface area contributed by atoms with Crippen LogP contribution >= 0.6 is 47.8 Å². The molecule has 0 aromatic heterocycles. The van der Waals surface area contributed by atoms with Crippen LogP contribution in [0.5, 0.6) is 5.75 Å². The Morgan fingerprint density at radius 2 is 1.88 bits per heavy atom. The molecule has 0 aliphatic heterocycles. The number of halogens is 3. The van der Waals surface area contributed by atoms with Crippen LogP contribution in [-0.2, 0) is 4.79 Å². The maximum atomic E-state index is 10.9. The number of carboxylic acids is 1. The molecule has 0 heterocycles. The molecule has 1 rings (SSSR count). The summed E-state index contributed by atoms with van der Waals surface area (Å²) >= 11 is 9.48. The number of hydrogen-bond donors (Lipinski definition) is 1. The van der Waals surface area contributed by atoms with Crippen LogP contribution in [0.1, 0.15) is 6.42 Å². The SMILES string of the molecule is O=C(O)C(CC(Br)Oc1ccccc1)=C(Br)Br. The van der Waals surface area contributed by atoms with Crippen LogP contribution in [0.4, 0.5) is 0 Å². The van der Waals surface area contributed by atoms with Crippen molar-refractivity contribution < 1.29 is 14.6 Å². The van der Waals surface area contributed by atoms with Crippen molar-refractivity contribution >= 4 is 53.8 Å². The highest BCUT2D eigenvalue weighted by molar-refractivity contribution is 9.28. The van der Waals surface area contributed by atoms with Gasteiger partial charge in [0.15, 0.2) is 5.01 Å². The first kappa shape index (κ1) is 14.7. The third-order valence-electron chi connectivity index (χ3n) is 1.86. The molecule has 1 N–H and O–H groups in total. The van der Waals surface area contributed by atoms with Gasteiger partial charge in [-0.25, -0.2) is 4.79 Å². The minimum atomic E-state index is -0.991. The standard InChI is InChI=1S/C11H9Br3O3/c12-9(6-8(10(13)14)11(15)16)17-7-4-2-1-3-5-7/h1-5,9H,6H2,(H,15,16). The smallest absolute Gasteiger partial charge is 0.333 e. The van der Waals surface area contributed by atoms with Crippen molar-refractivity contribution in [1.82, 2.24) is 0 Å². The molecule has 0 saturated carbocycles. The molecule has 1 atom stereocenters. The van der Waals surface area contributed by atoms with E-state index in [1.54, 1.807) is 0 Å². The molecule has 0 amide bonds. The number of hydrogen-bond acceptors (Lipinski definition) is 2. The first-order chi connectivity index (χ1) is 8.00. The van der Waals surface area contributed by atoms with Gasteiger partial charge < -0.3 is 9.84 Å². The molecular weight excluding hydrogens is 420 g/mol. The number of carbonyl (C=O) groups is 1. The van der Waals surface area contributed by atoms with Gasteiger partial charge in [0.1, 0.15) is 5.75 Å². The maximum Gasteiger partial charge on any atom is 0.333 e. The van der Waals surface area contributed by atoms with Gasteiger partial charge in [-0.2, -0.15) is 0 Å². The zero-order chi connectivity index (χ0) is 12.8. The summed E-state index contributed by atoms with van der Waals surface area (Å²) in [5.74, 6) is -0.306. The second kappa shape index (κ2) is 7.18. The number of alkyl halides is 1. The summed E-state index contributed by atoms with van der Waals surface area (Å²) in [5, 5.41) is 8.56. The van der Waals surface area contributed by atoms with Gasteiger partial charge in [0, 0.05) is 6.42 Å². The van der Waals surface area contributed by atoms with Gasteiger partial charge in [-0.15, -0.1) is 0 Å². The number of para-hydroxylation sites is 1. The largest absolute Gasteiger partial charge is 0.479 e. The minimum Gasteiger partial charge on any atom is -0.479 e. The molecule has 1 unspecified atom stereocenters. The van der Waals surface area contributed by atoms with E-state index in [0.29, 0.717) is 9.14 Å². The fourth-order valence-electron chi connectivity index (χ4n) is 1.09. The van der Waals surface area contributed by atoms with E-state index in [9.17, 15) is 4.79 Å². The number of benzene rings is 1. The van der Waals surface area contributed by atoms with Crippen LogP contribution in [0, 0.1) is 0 Å². The lowest BCUT2D eigenvalue weighted by atomic mass is 10.2. The Kier molecular flexibility index (Phi) is 6.22. The fraction of sp³-hybridized carbons (Fsp3) is 0.182. The average Bonchev–Trinajstić information content (AvgIpc) is 2.26. The molecule has 0 fully saturated rings. The Balaban J connectivity index is 2.64. The van der Waals surface area contributed by atoms with Crippen LogP contribution < -0.4 is 4.74 Å². The average molecular weight is 429 g/mol. The monoisotopic (exact) mass is 426 g/mol. The van der Waals surface area contributed by atoms with Gasteiger partial charge >= 0.3 is 5.97 Å². The second-order valence-corrected chi connectivity index (χ2v) is 6.76. The zero-order valence-electron chi connectivity index (χ0n) is 8.57. The van der Waals surface area contributed by atoms with E-state index >= 15 is 0 Å². The maximum absolute atomic E-state index is 10.9. The quantitative estimate of drug-likeness (QED) is 0.563. The van der Waals surface area contributed by atoms with Crippen molar-refractivity contribution in [2.45, 2.75) is 11.4 Å². The van der Waals surface area contributed by atoms with Crippen LogP contribution in [-0.4, -0.2) is 16.1 Å². The molecule has 0 bridgehead atoms. The van der Waals surface area contributed by atoms with Crippen LogP contribution in [0.3, 0.4) is 0 Å². The minimum absolute atomic E-state index is 0.211. The third kappa shape index (κ3) is 5.23. The van der Waals surface area contributed by atoms with E-state index in [2.05, 4.69) is 47.8 Å². The number of aliphatic carboxylic acids is 1. The Bertz CT molecular complexity index is 413. The molecule has 0 aliphatic rings. The van der Waals surface area contributed by atoms with Crippen molar-refractivity contribution in [3.63, 3.8) is 0 Å². The van der Waals surface area contributed by atoms with Crippen molar-refractivity contribution in [2.24, 2.45) is 0 Å². The normalized spacial score (nSPS) is 11.7. The number of carboxylic acid groups (broad SMARTS) is 1. The van der Waals surface area contributed by atoms with Gasteiger partial charge in [0.05, 0.1) is 8.96 Å². The van der Waals surface area contributed by atoms with Gasteiger partial charge in [0.2, 0.25) is 0 Å². The lowest BCUT2D eigenvalue weighted by Crippen LogP contribution is -2.13. The van der Waals surface area contributed by atoms with Crippen LogP contribution in [0.15, 0.2) is 39.3 Å². The summed E-state index contributed by atoms with van der Waals surface area (Å²) in [6.45, 7) is 0. The topological polar surface area (TPSA) is 46.5 Å². The van der Waals surface area contributed by atoms with Crippen molar-refractivity contribution in [1.29, 1.82) is 0 Å². The molecule has 0 aliphatic carbocycles. The second-order valence-electron chi connectivity index (χ2n) is 3.09. The molecule has 0 spiro atoms. The summed E-state index contributed by atoms with van der Waals surface area (Å²) in [5.41, 5.74) is 0.211. The van der Waals surface area contributed by atoms with E-state index in [0.717, 1.165) is 0 Å². The zero-order valence-corrected chi connectivity index (χ0v) is 13.3. The molecule has 1 aromatic carbocycles. The number of rotatable bonds is 5. The Morgan fingerprint density at radius 1 is 1.29 bits per heavy atom. The molecule has 6 heteroatoms. The Hall–Kier alpha value is -0.330. The predicted octanol–water partition coefficient (Wildman–Crippen LogP) is 4.26. The van der Waals surface area contributed by atoms with Gasteiger partial charge in [-0.3, -0.25) is 0 Å². The van der Waals surface area contributed by atoms with Gasteiger partial charge in [-0.05, 0) is 59.9 Å². The van der Waals surface area contributed by atoms with E-state index in [-0.39, 0.29) is 12.0 Å². The van der Waals surface area contributed by atoms with Gasteiger partial charge in [-0.1, -0.05) is 18.2 Å². The lowest BCUT2D eigenvalue weighted by Gasteiger charge is -2.13. The molecular formula is C11H9Br3O3. The highest BCUT2D eigenvalue weighted by Gasteiger charge is 2.17. The first-order valence-corrected chi connectivity index (χ1v) is 7.14. The third-order valence-corrected chi connectivity index (χ3v) is 3.33. The molecule has 0 saturated heterocycles. The molecule has 3 nitrogen and oxygen atoms in total. The summed E-state index contributed by atoms with van der Waals surface area (Å²) in [7, 11) is 0. The molecule has 17 heavy (non-hydrogen) atoms. The van der Waals surface area contributed by atoms with Crippen LogP contribution in [0.25, 0.3) is 0 Å². The fourth-order valence-corrected chi connectivity index (χ4v) is 2.30. The summed E-state index contributed by atoms with van der Waals surface area (Å²) in [6.07, 6.45) is 0.232. The summed E-state index contributed by atoms with van der Waals surface area (Å²) < 4.78 is 5.94. The van der Waals surface area contributed by atoms with Crippen molar-refractivity contribution in [3.05, 3.63) is 39.3 Å². The van der Waals surface area contributed by atoms with Gasteiger partial charge in [0.25, 0.3) is 0 Å². The summed E-state index contributed by atoms with van der Waals surface area (Å²) in [4.78, 5) is 10.9. The van der Waals surface area contributed by atoms with E-state index in [4.69, 9.17) is 9.84 Å². The highest BCUT2D eigenvalue weighted by atomic mass is 79.9. The van der Waals surface area contributed by atoms with E-state index in [1.807, 2.05) is 30.3 Å². The number of ether oxygens (including phenoxy) is 1. The molecule has 1 aromatic rings. The highest BCUT2D eigenvalue weighted by Crippen LogP contribution is 2.26. The predicted molar refractivity (Wildman–Crippen MR) is 76.9 cm³/mol. The lowest BCUT2D eigenvalue weighted by molar-refractivity contribution is -0.132. The molecule has 92 valence electrons. The van der Waals surface area contributed by atoms with Crippen molar-refractivity contribution in [2.75, 3.05) is 0 Å². The van der Waals surface area contributed by atoms with E-state index < -0.39 is 11.0 Å². The van der Waals surface area contributed by atoms with Crippen molar-refractivity contribution in [3.8, 4) is 5.75 Å². The first-order valence-electron chi connectivity index (χ1n) is 4.64.